The van der Waals surface area contributed by atoms with Gasteiger partial charge in [0.25, 0.3) is 0 Å². The van der Waals surface area contributed by atoms with Gasteiger partial charge in [-0.05, 0) is 35.9 Å². The van der Waals surface area contributed by atoms with Crippen molar-refractivity contribution in [3.63, 3.8) is 0 Å². The molecule has 2 heterocycles. The number of hydrogen-bond acceptors (Lipinski definition) is 6. The number of ether oxygens (including phenoxy) is 1. The lowest BCUT2D eigenvalue weighted by Gasteiger charge is -2.10. The topological polar surface area (TPSA) is 83.7 Å². The molecule has 0 bridgehead atoms. The Morgan fingerprint density at radius 2 is 1.88 bits per heavy atom. The van der Waals surface area contributed by atoms with E-state index >= 15 is 0 Å². The fourth-order valence-electron chi connectivity index (χ4n) is 2.37. The minimum Gasteiger partial charge on any atom is -0.497 e. The van der Waals surface area contributed by atoms with Crippen LogP contribution < -0.4 is 10.1 Å². The number of methoxy groups -OCH3 is 1. The molecule has 1 N–H and O–H groups in total. The predicted molar refractivity (Wildman–Crippen MR) is 94.0 cm³/mol. The molecule has 0 aliphatic rings. The minimum atomic E-state index is -0.522. The van der Waals surface area contributed by atoms with Crippen LogP contribution in [0.1, 0.15) is 22.9 Å². The number of nitrogens with one attached hydrogen (secondary N) is 1. The van der Waals surface area contributed by atoms with Crippen molar-refractivity contribution in [3.05, 3.63) is 77.9 Å². The lowest BCUT2D eigenvalue weighted by molar-refractivity contribution is 0.414. The fraction of sp³-hybridized carbons (Fsp3) is 0.158. The van der Waals surface area contributed by atoms with Crippen molar-refractivity contribution >= 4 is 5.95 Å². The zero-order valence-corrected chi connectivity index (χ0v) is 13.8. The standard InChI is InChI=1S/C19H17N5O/c1-25-15-7-5-14(6-8-15)13-23-19-22-11-9-18(24-19)16(12-20)17-4-2-3-10-21-17/h2-11,16H,13H2,1H3,(H,22,23,24). The van der Waals surface area contributed by atoms with Crippen molar-refractivity contribution in [2.75, 3.05) is 12.4 Å². The van der Waals surface area contributed by atoms with Gasteiger partial charge in [-0.25, -0.2) is 9.97 Å². The van der Waals surface area contributed by atoms with E-state index in [9.17, 15) is 5.26 Å². The molecular formula is C19H17N5O. The molecule has 1 unspecified atom stereocenters. The maximum atomic E-state index is 9.50. The molecule has 124 valence electrons. The lowest BCUT2D eigenvalue weighted by atomic mass is 10.0. The molecule has 0 aliphatic heterocycles. The second-order valence-electron chi connectivity index (χ2n) is 5.32. The molecule has 2 aromatic heterocycles. The van der Waals surface area contributed by atoms with Crippen LogP contribution in [0, 0.1) is 11.3 Å². The first-order valence-corrected chi connectivity index (χ1v) is 7.80. The summed E-state index contributed by atoms with van der Waals surface area (Å²) in [6.07, 6.45) is 3.32. The minimum absolute atomic E-state index is 0.476. The molecule has 1 atom stereocenters. The van der Waals surface area contributed by atoms with Gasteiger partial charge in [0.2, 0.25) is 5.95 Å². The second kappa shape index (κ2) is 7.88. The molecule has 3 aromatic rings. The Morgan fingerprint density at radius 3 is 2.56 bits per heavy atom. The molecule has 6 nitrogen and oxygen atoms in total. The number of nitriles is 1. The molecule has 3 rings (SSSR count). The summed E-state index contributed by atoms with van der Waals surface area (Å²) in [5.41, 5.74) is 2.37. The largest absolute Gasteiger partial charge is 0.497 e. The van der Waals surface area contributed by atoms with Crippen molar-refractivity contribution in [1.82, 2.24) is 15.0 Å². The predicted octanol–water partition coefficient (Wildman–Crippen LogP) is 3.15. The van der Waals surface area contributed by atoms with Gasteiger partial charge in [-0.3, -0.25) is 4.98 Å². The summed E-state index contributed by atoms with van der Waals surface area (Å²) in [6, 6.07) is 17.2. The quantitative estimate of drug-likeness (QED) is 0.747. The third-order valence-electron chi connectivity index (χ3n) is 3.70. The number of rotatable bonds is 6. The second-order valence-corrected chi connectivity index (χ2v) is 5.32. The average Bonchev–Trinajstić information content (AvgIpc) is 2.68. The molecule has 25 heavy (non-hydrogen) atoms. The van der Waals surface area contributed by atoms with Crippen LogP contribution in [-0.2, 0) is 6.54 Å². The van der Waals surface area contributed by atoms with Gasteiger partial charge in [-0.15, -0.1) is 0 Å². The molecular weight excluding hydrogens is 314 g/mol. The summed E-state index contributed by atoms with van der Waals surface area (Å²) in [5.74, 6) is 0.768. The Labute approximate surface area is 146 Å². The Balaban J connectivity index is 1.73. The Morgan fingerprint density at radius 1 is 1.04 bits per heavy atom. The molecule has 0 spiro atoms. The monoisotopic (exact) mass is 331 g/mol. The van der Waals surface area contributed by atoms with Crippen LogP contribution in [0.3, 0.4) is 0 Å². The first kappa shape index (κ1) is 16.4. The van der Waals surface area contributed by atoms with Gasteiger partial charge in [0.05, 0.1) is 24.6 Å². The van der Waals surface area contributed by atoms with Crippen LogP contribution in [-0.4, -0.2) is 22.1 Å². The fourth-order valence-corrected chi connectivity index (χ4v) is 2.37. The smallest absolute Gasteiger partial charge is 0.223 e. The van der Waals surface area contributed by atoms with Crippen molar-refractivity contribution in [2.45, 2.75) is 12.5 Å². The average molecular weight is 331 g/mol. The molecule has 0 saturated heterocycles. The summed E-state index contributed by atoms with van der Waals surface area (Å²) < 4.78 is 5.15. The Hall–Kier alpha value is -3.46. The molecule has 0 amide bonds. The van der Waals surface area contributed by atoms with Crippen LogP contribution in [0.25, 0.3) is 0 Å². The summed E-state index contributed by atoms with van der Waals surface area (Å²) >= 11 is 0. The van der Waals surface area contributed by atoms with Gasteiger partial charge < -0.3 is 10.1 Å². The molecule has 0 aliphatic carbocycles. The highest BCUT2D eigenvalue weighted by Crippen LogP contribution is 2.21. The first-order valence-electron chi connectivity index (χ1n) is 7.80. The van der Waals surface area contributed by atoms with Crippen LogP contribution in [0.2, 0.25) is 0 Å². The Kier molecular flexibility index (Phi) is 5.17. The van der Waals surface area contributed by atoms with E-state index in [2.05, 4.69) is 26.3 Å². The number of pyridine rings is 1. The molecule has 0 radical (unpaired) electrons. The van der Waals surface area contributed by atoms with E-state index in [1.54, 1.807) is 25.6 Å². The van der Waals surface area contributed by atoms with Crippen molar-refractivity contribution in [3.8, 4) is 11.8 Å². The number of anilines is 1. The van der Waals surface area contributed by atoms with Gasteiger partial charge in [0, 0.05) is 18.9 Å². The molecule has 6 heteroatoms. The zero-order valence-electron chi connectivity index (χ0n) is 13.8. The molecule has 1 aromatic carbocycles. The van der Waals surface area contributed by atoms with Crippen molar-refractivity contribution in [2.24, 2.45) is 0 Å². The van der Waals surface area contributed by atoms with Crippen molar-refractivity contribution < 1.29 is 4.74 Å². The van der Waals surface area contributed by atoms with Gasteiger partial charge in [0.1, 0.15) is 11.7 Å². The van der Waals surface area contributed by atoms with E-state index < -0.39 is 5.92 Å². The highest BCUT2D eigenvalue weighted by atomic mass is 16.5. The highest BCUT2D eigenvalue weighted by molar-refractivity contribution is 5.35. The number of hydrogen-bond donors (Lipinski definition) is 1. The van der Waals surface area contributed by atoms with E-state index in [1.807, 2.05) is 42.5 Å². The number of benzene rings is 1. The Bertz CT molecular complexity index is 859. The molecule has 0 saturated carbocycles. The van der Waals surface area contributed by atoms with Crippen LogP contribution in [0.5, 0.6) is 5.75 Å². The van der Waals surface area contributed by atoms with E-state index in [1.165, 1.54) is 0 Å². The first-order chi connectivity index (χ1) is 12.3. The third-order valence-corrected chi connectivity index (χ3v) is 3.70. The summed E-state index contributed by atoms with van der Waals surface area (Å²) in [5, 5.41) is 12.7. The number of nitrogens with zero attached hydrogens (tertiary/aromatic N) is 4. The van der Waals surface area contributed by atoms with E-state index in [4.69, 9.17) is 4.74 Å². The van der Waals surface area contributed by atoms with Crippen molar-refractivity contribution in [1.29, 1.82) is 5.26 Å². The van der Waals surface area contributed by atoms with Crippen LogP contribution in [0.4, 0.5) is 5.95 Å². The lowest BCUT2D eigenvalue weighted by Crippen LogP contribution is -2.08. The third kappa shape index (κ3) is 4.09. The van der Waals surface area contributed by atoms with Crippen LogP contribution in [0.15, 0.2) is 60.9 Å². The van der Waals surface area contributed by atoms with Gasteiger partial charge >= 0.3 is 0 Å². The van der Waals surface area contributed by atoms with E-state index in [0.717, 1.165) is 11.3 Å². The summed E-state index contributed by atoms with van der Waals surface area (Å²) in [4.78, 5) is 12.9. The highest BCUT2D eigenvalue weighted by Gasteiger charge is 2.16. The van der Waals surface area contributed by atoms with Gasteiger partial charge in [0.15, 0.2) is 0 Å². The SMILES string of the molecule is COc1ccc(CNc2nccc(C(C#N)c3ccccn3)n2)cc1. The van der Waals surface area contributed by atoms with E-state index in [0.29, 0.717) is 23.9 Å². The zero-order chi connectivity index (χ0) is 17.5. The van der Waals surface area contributed by atoms with Gasteiger partial charge in [-0.2, -0.15) is 5.26 Å². The van der Waals surface area contributed by atoms with E-state index in [-0.39, 0.29) is 0 Å². The summed E-state index contributed by atoms with van der Waals surface area (Å²) in [6.45, 7) is 0.578. The number of aromatic nitrogens is 3. The van der Waals surface area contributed by atoms with Crippen LogP contribution >= 0.6 is 0 Å². The normalized spacial score (nSPS) is 11.4. The maximum absolute atomic E-state index is 9.50. The maximum Gasteiger partial charge on any atom is 0.223 e. The molecule has 0 fully saturated rings. The summed E-state index contributed by atoms with van der Waals surface area (Å²) in [7, 11) is 1.64. The van der Waals surface area contributed by atoms with Gasteiger partial charge in [-0.1, -0.05) is 18.2 Å².